The van der Waals surface area contributed by atoms with Crippen LogP contribution in [0.2, 0.25) is 5.15 Å². The number of rotatable bonds is 4. The maximum absolute atomic E-state index is 13.8. The number of amides is 1. The van der Waals surface area contributed by atoms with Gasteiger partial charge in [-0.05, 0) is 12.5 Å². The minimum absolute atomic E-state index is 0.0902. The lowest BCUT2D eigenvalue weighted by atomic mass is 10.2. The smallest absolute Gasteiger partial charge is 0.295 e. The number of carbonyl (C=O) groups is 1. The second kappa shape index (κ2) is 5.66. The molecule has 128 valence electrons. The Morgan fingerprint density at radius 1 is 1.40 bits per heavy atom. The molecule has 3 aromatic rings. The molecule has 1 aromatic carbocycles. The monoisotopic (exact) mass is 361 g/mol. The highest BCUT2D eigenvalue weighted by Gasteiger charge is 2.45. The first-order valence-electron chi connectivity index (χ1n) is 7.64. The van der Waals surface area contributed by atoms with Gasteiger partial charge in [-0.3, -0.25) is 9.59 Å². The molecular weight excluding hydrogens is 349 g/mol. The molecule has 1 aliphatic rings. The van der Waals surface area contributed by atoms with Crippen molar-refractivity contribution in [1.29, 1.82) is 0 Å². The molecule has 25 heavy (non-hydrogen) atoms. The molecule has 1 aliphatic carbocycles. The molecule has 2 atom stereocenters. The third-order valence-corrected chi connectivity index (χ3v) is 4.76. The van der Waals surface area contributed by atoms with E-state index in [0.29, 0.717) is 17.4 Å². The van der Waals surface area contributed by atoms with E-state index in [1.165, 1.54) is 21.6 Å². The minimum Gasteiger partial charge on any atom is -0.369 e. The normalized spacial score (nSPS) is 19.3. The van der Waals surface area contributed by atoms with Crippen molar-refractivity contribution in [3.05, 3.63) is 57.3 Å². The molecule has 0 radical (unpaired) electrons. The van der Waals surface area contributed by atoms with Crippen LogP contribution in [0.1, 0.15) is 18.0 Å². The van der Waals surface area contributed by atoms with Gasteiger partial charge in [0, 0.05) is 5.56 Å². The van der Waals surface area contributed by atoms with Crippen molar-refractivity contribution in [1.82, 2.24) is 19.6 Å². The number of nitrogens with two attached hydrogens (primary N) is 1. The van der Waals surface area contributed by atoms with Crippen molar-refractivity contribution >= 4 is 28.4 Å². The molecule has 2 unspecified atom stereocenters. The summed E-state index contributed by atoms with van der Waals surface area (Å²) >= 11 is 6.27. The van der Waals surface area contributed by atoms with Crippen LogP contribution in [0.25, 0.3) is 10.9 Å². The highest BCUT2D eigenvalue weighted by molar-refractivity contribution is 6.34. The Morgan fingerprint density at radius 3 is 2.84 bits per heavy atom. The van der Waals surface area contributed by atoms with Crippen molar-refractivity contribution in [2.75, 3.05) is 0 Å². The van der Waals surface area contributed by atoms with Gasteiger partial charge in [0.15, 0.2) is 5.52 Å². The molecule has 1 saturated carbocycles. The highest BCUT2D eigenvalue weighted by Crippen LogP contribution is 2.41. The zero-order valence-electron chi connectivity index (χ0n) is 12.9. The lowest BCUT2D eigenvalue weighted by Gasteiger charge is -2.04. The number of nitrogens with zero attached hydrogens (tertiary/aromatic N) is 4. The summed E-state index contributed by atoms with van der Waals surface area (Å²) in [6, 6.07) is 5.92. The van der Waals surface area contributed by atoms with Gasteiger partial charge in [0.2, 0.25) is 5.91 Å². The molecule has 2 N–H and O–H groups in total. The Morgan fingerprint density at radius 2 is 2.16 bits per heavy atom. The zero-order valence-corrected chi connectivity index (χ0v) is 13.7. The maximum Gasteiger partial charge on any atom is 0.295 e. The number of hydrogen-bond donors (Lipinski definition) is 1. The van der Waals surface area contributed by atoms with Crippen molar-refractivity contribution in [2.24, 2.45) is 11.7 Å². The number of fused-ring (bicyclic) bond motifs is 1. The van der Waals surface area contributed by atoms with Crippen molar-refractivity contribution < 1.29 is 9.18 Å². The molecule has 1 fully saturated rings. The molecular formula is C16H13ClFN5O2. The van der Waals surface area contributed by atoms with E-state index in [-0.39, 0.29) is 29.1 Å². The average molecular weight is 362 g/mol. The highest BCUT2D eigenvalue weighted by atomic mass is 35.5. The molecule has 7 nitrogen and oxygen atoms in total. The summed E-state index contributed by atoms with van der Waals surface area (Å²) in [5, 5.41) is 8.89. The summed E-state index contributed by atoms with van der Waals surface area (Å²) in [6.45, 7) is 0.0902. The fourth-order valence-electron chi connectivity index (χ4n) is 2.90. The van der Waals surface area contributed by atoms with Crippen molar-refractivity contribution in [3.8, 4) is 0 Å². The molecule has 0 spiro atoms. The first-order valence-corrected chi connectivity index (χ1v) is 8.01. The lowest BCUT2D eigenvalue weighted by molar-refractivity contribution is -0.119. The van der Waals surface area contributed by atoms with E-state index in [9.17, 15) is 14.0 Å². The van der Waals surface area contributed by atoms with Crippen LogP contribution >= 0.6 is 11.6 Å². The average Bonchev–Trinajstić information content (AvgIpc) is 3.31. The molecule has 9 heteroatoms. The van der Waals surface area contributed by atoms with Gasteiger partial charge in [-0.15, -0.1) is 0 Å². The van der Waals surface area contributed by atoms with E-state index in [1.807, 2.05) is 0 Å². The quantitative estimate of drug-likeness (QED) is 0.761. The molecule has 4 rings (SSSR count). The van der Waals surface area contributed by atoms with Gasteiger partial charge in [0.1, 0.15) is 11.0 Å². The van der Waals surface area contributed by atoms with Crippen LogP contribution in [0.5, 0.6) is 0 Å². The van der Waals surface area contributed by atoms with Crippen LogP contribution in [-0.2, 0) is 11.3 Å². The third kappa shape index (κ3) is 2.58. The molecule has 0 aliphatic heterocycles. The number of aromatic nitrogens is 4. The van der Waals surface area contributed by atoms with Crippen LogP contribution in [0, 0.1) is 11.7 Å². The van der Waals surface area contributed by atoms with Gasteiger partial charge in [0.25, 0.3) is 5.56 Å². The van der Waals surface area contributed by atoms with Crippen molar-refractivity contribution in [2.45, 2.75) is 19.0 Å². The Hall–Kier alpha value is -2.74. The van der Waals surface area contributed by atoms with Gasteiger partial charge in [-0.25, -0.2) is 13.8 Å². The fraction of sp³-hybridized carbons (Fsp3) is 0.250. The summed E-state index contributed by atoms with van der Waals surface area (Å²) in [5.74, 6) is -1.23. The summed E-state index contributed by atoms with van der Waals surface area (Å²) in [5.41, 5.74) is 5.35. The van der Waals surface area contributed by atoms with Crippen LogP contribution in [0.15, 0.2) is 35.3 Å². The predicted molar refractivity (Wildman–Crippen MR) is 88.6 cm³/mol. The second-order valence-electron chi connectivity index (χ2n) is 6.01. The van der Waals surface area contributed by atoms with Gasteiger partial charge in [0.05, 0.1) is 30.1 Å². The molecule has 1 amide bonds. The van der Waals surface area contributed by atoms with E-state index < -0.39 is 17.4 Å². The summed E-state index contributed by atoms with van der Waals surface area (Å²) in [4.78, 5) is 23.8. The van der Waals surface area contributed by atoms with E-state index in [1.54, 1.807) is 18.2 Å². The Kier molecular flexibility index (Phi) is 3.57. The van der Waals surface area contributed by atoms with Crippen LogP contribution in [0.3, 0.4) is 0 Å². The second-order valence-corrected chi connectivity index (χ2v) is 6.37. The van der Waals surface area contributed by atoms with E-state index in [0.717, 1.165) is 0 Å². The first kappa shape index (κ1) is 15.8. The van der Waals surface area contributed by atoms with Gasteiger partial charge in [-0.2, -0.15) is 10.2 Å². The number of primary amides is 1. The zero-order chi connectivity index (χ0) is 17.7. The van der Waals surface area contributed by atoms with Crippen LogP contribution < -0.4 is 11.3 Å². The summed E-state index contributed by atoms with van der Waals surface area (Å²) < 4.78 is 16.4. The standard InChI is InChI=1S/C16H13ClFN5O2/c17-14-10-6-20-23(12-5-9(12)15(19)24)16(25)13(10)21-22(14)7-8-3-1-2-4-11(8)18/h1-4,6,9,12H,5,7H2,(H2,19,24). The van der Waals surface area contributed by atoms with Gasteiger partial charge < -0.3 is 5.73 Å². The number of benzene rings is 1. The Balaban J connectivity index is 1.75. The number of carbonyl (C=O) groups excluding carboxylic acids is 1. The molecule has 0 saturated heterocycles. The Labute approximate surface area is 145 Å². The molecule has 2 aromatic heterocycles. The topological polar surface area (TPSA) is 95.8 Å². The minimum atomic E-state index is -0.457. The van der Waals surface area contributed by atoms with E-state index >= 15 is 0 Å². The largest absolute Gasteiger partial charge is 0.369 e. The van der Waals surface area contributed by atoms with Gasteiger partial charge >= 0.3 is 0 Å². The Bertz CT molecular complexity index is 1060. The third-order valence-electron chi connectivity index (χ3n) is 4.36. The lowest BCUT2D eigenvalue weighted by Crippen LogP contribution is -2.25. The molecule has 0 bridgehead atoms. The van der Waals surface area contributed by atoms with Gasteiger partial charge in [-0.1, -0.05) is 29.8 Å². The summed E-state index contributed by atoms with van der Waals surface area (Å²) in [6.07, 6.45) is 1.91. The van der Waals surface area contributed by atoms with Crippen molar-refractivity contribution in [3.63, 3.8) is 0 Å². The maximum atomic E-state index is 13.8. The number of halogens is 2. The molecule has 2 heterocycles. The predicted octanol–water partition coefficient (Wildman–Crippen LogP) is 1.48. The van der Waals surface area contributed by atoms with E-state index in [2.05, 4.69) is 10.2 Å². The van der Waals surface area contributed by atoms with Crippen LogP contribution in [0.4, 0.5) is 4.39 Å². The fourth-order valence-corrected chi connectivity index (χ4v) is 3.13. The van der Waals surface area contributed by atoms with E-state index in [4.69, 9.17) is 17.3 Å². The van der Waals surface area contributed by atoms with Crippen LogP contribution in [-0.4, -0.2) is 25.5 Å². The SMILES string of the molecule is NC(=O)C1CC1n1ncc2c(Cl)n(Cc3ccccc3F)nc2c1=O. The summed E-state index contributed by atoms with van der Waals surface area (Å²) in [7, 11) is 0. The first-order chi connectivity index (χ1) is 12.0. The number of hydrogen-bond acceptors (Lipinski definition) is 4.